The minimum absolute atomic E-state index is 0.0543. The lowest BCUT2D eigenvalue weighted by atomic mass is 10.1. The van der Waals surface area contributed by atoms with Gasteiger partial charge in [0.15, 0.2) is 6.10 Å². The molecule has 2 atom stereocenters. The number of carboxylic acids is 1. The standard InChI is InChI=1S/C17H23NO5/c1-11-9-18(10-14(22-11)16(20)21)15(19)12-5-7-13(8-6-12)23-17(2,3)4/h5-8,11,14H,9-10H2,1-4H3,(H,20,21)/t11-,14?/m1/s1. The fourth-order valence-corrected chi connectivity index (χ4v) is 2.46. The quantitative estimate of drug-likeness (QED) is 0.923. The first-order valence-corrected chi connectivity index (χ1v) is 7.62. The summed E-state index contributed by atoms with van der Waals surface area (Å²) >= 11 is 0. The number of benzene rings is 1. The zero-order valence-electron chi connectivity index (χ0n) is 13.9. The summed E-state index contributed by atoms with van der Waals surface area (Å²) in [6, 6.07) is 6.88. The Kier molecular flexibility index (Phi) is 4.94. The molecule has 1 aliphatic rings. The number of carbonyl (C=O) groups is 2. The highest BCUT2D eigenvalue weighted by Crippen LogP contribution is 2.20. The fraction of sp³-hybridized carbons (Fsp3) is 0.529. The maximum atomic E-state index is 12.5. The highest BCUT2D eigenvalue weighted by Gasteiger charge is 2.33. The first-order valence-electron chi connectivity index (χ1n) is 7.62. The Labute approximate surface area is 136 Å². The molecule has 0 bridgehead atoms. The van der Waals surface area contributed by atoms with Gasteiger partial charge in [0, 0.05) is 12.1 Å². The Morgan fingerprint density at radius 3 is 2.35 bits per heavy atom. The van der Waals surface area contributed by atoms with Gasteiger partial charge in [0.25, 0.3) is 5.91 Å². The van der Waals surface area contributed by atoms with E-state index in [1.807, 2.05) is 20.8 Å². The molecule has 0 spiro atoms. The van der Waals surface area contributed by atoms with E-state index in [0.717, 1.165) is 0 Å². The van der Waals surface area contributed by atoms with E-state index in [2.05, 4.69) is 0 Å². The molecule has 1 heterocycles. The van der Waals surface area contributed by atoms with Gasteiger partial charge in [0.2, 0.25) is 0 Å². The summed E-state index contributed by atoms with van der Waals surface area (Å²) in [4.78, 5) is 25.2. The molecule has 1 aromatic rings. The molecule has 1 saturated heterocycles. The second-order valence-corrected chi connectivity index (χ2v) is 6.72. The number of carbonyl (C=O) groups excluding carboxylic acids is 1. The molecule has 1 fully saturated rings. The van der Waals surface area contributed by atoms with Crippen molar-refractivity contribution in [1.82, 2.24) is 4.90 Å². The molecular weight excluding hydrogens is 298 g/mol. The van der Waals surface area contributed by atoms with Crippen molar-refractivity contribution in [3.8, 4) is 5.75 Å². The molecule has 0 aliphatic carbocycles. The molecule has 0 radical (unpaired) electrons. The minimum atomic E-state index is -1.05. The number of nitrogens with zero attached hydrogens (tertiary/aromatic N) is 1. The third-order valence-corrected chi connectivity index (χ3v) is 3.35. The second kappa shape index (κ2) is 6.58. The van der Waals surface area contributed by atoms with Crippen LogP contribution in [0.4, 0.5) is 0 Å². The third-order valence-electron chi connectivity index (χ3n) is 3.35. The summed E-state index contributed by atoms with van der Waals surface area (Å²) in [5.74, 6) is -0.565. The van der Waals surface area contributed by atoms with Crippen LogP contribution in [0, 0.1) is 0 Å². The Hall–Kier alpha value is -2.08. The molecule has 1 N–H and O–H groups in total. The van der Waals surface area contributed by atoms with Crippen LogP contribution in [0.3, 0.4) is 0 Å². The molecule has 2 rings (SSSR count). The van der Waals surface area contributed by atoms with Crippen molar-refractivity contribution in [3.63, 3.8) is 0 Å². The van der Waals surface area contributed by atoms with Gasteiger partial charge in [-0.25, -0.2) is 4.79 Å². The molecule has 0 saturated carbocycles. The van der Waals surface area contributed by atoms with E-state index in [1.54, 1.807) is 31.2 Å². The number of hydrogen-bond acceptors (Lipinski definition) is 4. The number of rotatable bonds is 3. The number of carboxylic acid groups (broad SMARTS) is 1. The van der Waals surface area contributed by atoms with Crippen LogP contribution in [-0.2, 0) is 9.53 Å². The number of aliphatic carboxylic acids is 1. The Bertz CT molecular complexity index is 576. The molecule has 126 valence electrons. The Morgan fingerprint density at radius 2 is 1.83 bits per heavy atom. The number of amides is 1. The van der Waals surface area contributed by atoms with Gasteiger partial charge < -0.3 is 19.5 Å². The van der Waals surface area contributed by atoms with Crippen molar-refractivity contribution in [3.05, 3.63) is 29.8 Å². The topological polar surface area (TPSA) is 76.1 Å². The molecule has 1 aliphatic heterocycles. The van der Waals surface area contributed by atoms with Crippen molar-refractivity contribution in [2.75, 3.05) is 13.1 Å². The van der Waals surface area contributed by atoms with Gasteiger partial charge in [-0.15, -0.1) is 0 Å². The van der Waals surface area contributed by atoms with E-state index in [-0.39, 0.29) is 24.2 Å². The average molecular weight is 321 g/mol. The molecule has 1 unspecified atom stereocenters. The second-order valence-electron chi connectivity index (χ2n) is 6.72. The van der Waals surface area contributed by atoms with Crippen molar-refractivity contribution >= 4 is 11.9 Å². The SMILES string of the molecule is C[C@@H]1CN(C(=O)c2ccc(OC(C)(C)C)cc2)CC(C(=O)O)O1. The predicted molar refractivity (Wildman–Crippen MR) is 84.7 cm³/mol. The summed E-state index contributed by atoms with van der Waals surface area (Å²) in [5, 5.41) is 9.09. The number of ether oxygens (including phenoxy) is 2. The van der Waals surface area contributed by atoms with E-state index >= 15 is 0 Å². The maximum Gasteiger partial charge on any atom is 0.334 e. The fourth-order valence-electron chi connectivity index (χ4n) is 2.46. The van der Waals surface area contributed by atoms with Crippen molar-refractivity contribution in [1.29, 1.82) is 0 Å². The van der Waals surface area contributed by atoms with E-state index < -0.39 is 12.1 Å². The maximum absolute atomic E-state index is 12.5. The first-order chi connectivity index (χ1) is 10.7. The highest BCUT2D eigenvalue weighted by molar-refractivity contribution is 5.94. The van der Waals surface area contributed by atoms with E-state index in [0.29, 0.717) is 17.9 Å². The molecule has 6 heteroatoms. The van der Waals surface area contributed by atoms with Gasteiger partial charge in [-0.2, -0.15) is 0 Å². The van der Waals surface area contributed by atoms with Crippen molar-refractivity contribution in [2.24, 2.45) is 0 Å². The summed E-state index contributed by atoms with van der Waals surface area (Å²) in [6.07, 6.45) is -1.29. The van der Waals surface area contributed by atoms with Gasteiger partial charge in [-0.1, -0.05) is 0 Å². The largest absolute Gasteiger partial charge is 0.488 e. The first kappa shape index (κ1) is 17.3. The lowest BCUT2D eigenvalue weighted by Crippen LogP contribution is -2.51. The molecule has 0 aromatic heterocycles. The normalized spacial score (nSPS) is 21.8. The van der Waals surface area contributed by atoms with E-state index in [9.17, 15) is 9.59 Å². The van der Waals surface area contributed by atoms with Crippen LogP contribution in [0.15, 0.2) is 24.3 Å². The Morgan fingerprint density at radius 1 is 1.22 bits per heavy atom. The van der Waals surface area contributed by atoms with Gasteiger partial charge in [-0.3, -0.25) is 4.79 Å². The van der Waals surface area contributed by atoms with Crippen LogP contribution in [0.5, 0.6) is 5.75 Å². The Balaban J connectivity index is 2.09. The van der Waals surface area contributed by atoms with Crippen LogP contribution in [-0.4, -0.2) is 52.8 Å². The molecular formula is C17H23NO5. The van der Waals surface area contributed by atoms with Crippen LogP contribution in [0.1, 0.15) is 38.1 Å². The van der Waals surface area contributed by atoms with Gasteiger partial charge >= 0.3 is 5.97 Å². The van der Waals surface area contributed by atoms with Gasteiger partial charge in [0.05, 0.1) is 12.6 Å². The lowest BCUT2D eigenvalue weighted by Gasteiger charge is -2.35. The van der Waals surface area contributed by atoms with E-state index in [4.69, 9.17) is 14.6 Å². The highest BCUT2D eigenvalue weighted by atomic mass is 16.5. The summed E-state index contributed by atoms with van der Waals surface area (Å²) < 4.78 is 11.0. The zero-order valence-corrected chi connectivity index (χ0v) is 13.9. The zero-order chi connectivity index (χ0) is 17.2. The smallest absolute Gasteiger partial charge is 0.334 e. The molecule has 23 heavy (non-hydrogen) atoms. The number of hydrogen-bond donors (Lipinski definition) is 1. The molecule has 1 amide bonds. The van der Waals surface area contributed by atoms with Crippen LogP contribution < -0.4 is 4.74 Å². The third kappa shape index (κ3) is 4.69. The summed E-state index contributed by atoms with van der Waals surface area (Å²) in [5.41, 5.74) is 0.198. The minimum Gasteiger partial charge on any atom is -0.488 e. The predicted octanol–water partition coefficient (Wildman–Crippen LogP) is 2.18. The van der Waals surface area contributed by atoms with Crippen molar-refractivity contribution in [2.45, 2.75) is 45.5 Å². The lowest BCUT2D eigenvalue weighted by molar-refractivity contribution is -0.160. The molecule has 6 nitrogen and oxygen atoms in total. The summed E-state index contributed by atoms with van der Waals surface area (Å²) in [7, 11) is 0. The monoisotopic (exact) mass is 321 g/mol. The van der Waals surface area contributed by atoms with Crippen LogP contribution in [0.2, 0.25) is 0 Å². The van der Waals surface area contributed by atoms with Crippen molar-refractivity contribution < 1.29 is 24.2 Å². The van der Waals surface area contributed by atoms with Crippen LogP contribution in [0.25, 0.3) is 0 Å². The number of morpholine rings is 1. The average Bonchev–Trinajstić information content (AvgIpc) is 2.45. The summed E-state index contributed by atoms with van der Waals surface area (Å²) in [6.45, 7) is 8.05. The van der Waals surface area contributed by atoms with Gasteiger partial charge in [-0.05, 0) is 52.0 Å². The van der Waals surface area contributed by atoms with E-state index in [1.165, 1.54) is 4.90 Å². The van der Waals surface area contributed by atoms with Crippen LogP contribution >= 0.6 is 0 Å². The van der Waals surface area contributed by atoms with Gasteiger partial charge in [0.1, 0.15) is 11.4 Å². The molecule has 1 aromatic carbocycles.